The zero-order chi connectivity index (χ0) is 15.8. The van der Waals surface area contributed by atoms with Gasteiger partial charge in [0.25, 0.3) is 0 Å². The van der Waals surface area contributed by atoms with E-state index in [0.29, 0.717) is 17.2 Å². The van der Waals surface area contributed by atoms with E-state index in [2.05, 4.69) is 52.2 Å². The standard InChI is InChI=1S/C17H20N4OS/c1-10(2)11-5-6-14-13(8-11)15-16(18-14)19-17(21-20-15)23-9-12-4-3-7-22-12/h5-6,8,10,12H,3-4,7,9H2,1-2H3,(H,18,19,21)/t12-/m0/s1. The van der Waals surface area contributed by atoms with Gasteiger partial charge in [-0.05, 0) is 36.5 Å². The van der Waals surface area contributed by atoms with Crippen molar-refractivity contribution in [2.45, 2.75) is 43.9 Å². The Kier molecular flexibility index (Phi) is 3.95. The number of nitrogens with one attached hydrogen (secondary N) is 1. The largest absolute Gasteiger partial charge is 0.377 e. The molecule has 0 spiro atoms. The molecule has 0 saturated carbocycles. The molecule has 1 atom stereocenters. The smallest absolute Gasteiger partial charge is 0.211 e. The molecule has 2 aromatic heterocycles. The van der Waals surface area contributed by atoms with E-state index in [4.69, 9.17) is 4.74 Å². The van der Waals surface area contributed by atoms with Crippen molar-refractivity contribution >= 4 is 33.8 Å². The van der Waals surface area contributed by atoms with Crippen LogP contribution in [0, 0.1) is 0 Å². The molecule has 6 heteroatoms. The highest BCUT2D eigenvalue weighted by Gasteiger charge is 2.17. The van der Waals surface area contributed by atoms with Crippen molar-refractivity contribution in [2.24, 2.45) is 0 Å². The van der Waals surface area contributed by atoms with E-state index in [1.54, 1.807) is 11.8 Å². The van der Waals surface area contributed by atoms with Crippen molar-refractivity contribution in [3.05, 3.63) is 23.8 Å². The summed E-state index contributed by atoms with van der Waals surface area (Å²) in [5, 5.41) is 10.5. The Balaban J connectivity index is 1.64. The molecule has 5 nitrogen and oxygen atoms in total. The number of nitrogens with zero attached hydrogens (tertiary/aromatic N) is 3. The van der Waals surface area contributed by atoms with Gasteiger partial charge in [-0.1, -0.05) is 31.7 Å². The highest BCUT2D eigenvalue weighted by molar-refractivity contribution is 7.99. The number of benzene rings is 1. The van der Waals surface area contributed by atoms with Crippen LogP contribution >= 0.6 is 11.8 Å². The normalized spacial score (nSPS) is 18.5. The quantitative estimate of drug-likeness (QED) is 0.736. The number of hydrogen-bond donors (Lipinski definition) is 1. The third kappa shape index (κ3) is 2.93. The van der Waals surface area contributed by atoms with Gasteiger partial charge in [-0.3, -0.25) is 0 Å². The number of aromatic nitrogens is 4. The van der Waals surface area contributed by atoms with E-state index in [9.17, 15) is 0 Å². The summed E-state index contributed by atoms with van der Waals surface area (Å²) < 4.78 is 5.64. The molecule has 1 fully saturated rings. The second-order valence-corrected chi connectivity index (χ2v) is 7.31. The Morgan fingerprint density at radius 2 is 2.26 bits per heavy atom. The van der Waals surface area contributed by atoms with Crippen LogP contribution in [-0.2, 0) is 4.74 Å². The van der Waals surface area contributed by atoms with Crippen LogP contribution in [0.15, 0.2) is 23.4 Å². The number of ether oxygens (including phenoxy) is 1. The van der Waals surface area contributed by atoms with Gasteiger partial charge in [-0.15, -0.1) is 10.2 Å². The Morgan fingerprint density at radius 1 is 1.35 bits per heavy atom. The third-order valence-corrected chi connectivity index (χ3v) is 5.28. The van der Waals surface area contributed by atoms with Crippen molar-refractivity contribution in [1.29, 1.82) is 0 Å². The summed E-state index contributed by atoms with van der Waals surface area (Å²) in [7, 11) is 0. The maximum atomic E-state index is 5.64. The molecular formula is C17H20N4OS. The van der Waals surface area contributed by atoms with Crippen molar-refractivity contribution in [3.8, 4) is 0 Å². The lowest BCUT2D eigenvalue weighted by molar-refractivity contribution is 0.129. The Labute approximate surface area is 139 Å². The van der Waals surface area contributed by atoms with Gasteiger partial charge in [0.2, 0.25) is 5.16 Å². The van der Waals surface area contributed by atoms with Crippen LogP contribution in [0.2, 0.25) is 0 Å². The van der Waals surface area contributed by atoms with Crippen LogP contribution < -0.4 is 0 Å². The van der Waals surface area contributed by atoms with Crippen molar-refractivity contribution in [1.82, 2.24) is 20.2 Å². The fraction of sp³-hybridized carbons (Fsp3) is 0.471. The predicted octanol–water partition coefficient (Wildman–Crippen LogP) is 3.90. The maximum absolute atomic E-state index is 5.64. The number of thioether (sulfide) groups is 1. The average Bonchev–Trinajstić information content (AvgIpc) is 3.19. The molecule has 23 heavy (non-hydrogen) atoms. The molecule has 0 amide bonds. The summed E-state index contributed by atoms with van der Waals surface area (Å²) in [6, 6.07) is 6.45. The lowest BCUT2D eigenvalue weighted by atomic mass is 10.0. The Morgan fingerprint density at radius 3 is 3.04 bits per heavy atom. The molecule has 1 saturated heterocycles. The van der Waals surface area contributed by atoms with Gasteiger partial charge in [0.15, 0.2) is 5.65 Å². The van der Waals surface area contributed by atoms with Crippen LogP contribution in [0.3, 0.4) is 0 Å². The lowest BCUT2D eigenvalue weighted by Gasteiger charge is -2.06. The monoisotopic (exact) mass is 328 g/mol. The van der Waals surface area contributed by atoms with Gasteiger partial charge >= 0.3 is 0 Å². The van der Waals surface area contributed by atoms with E-state index in [0.717, 1.165) is 47.3 Å². The van der Waals surface area contributed by atoms with Crippen LogP contribution in [-0.4, -0.2) is 38.6 Å². The molecule has 1 aliphatic heterocycles. The molecule has 0 radical (unpaired) electrons. The topological polar surface area (TPSA) is 63.7 Å². The number of hydrogen-bond acceptors (Lipinski definition) is 5. The van der Waals surface area contributed by atoms with E-state index in [1.807, 2.05) is 0 Å². The molecule has 3 heterocycles. The molecular weight excluding hydrogens is 308 g/mol. The molecule has 4 rings (SSSR count). The van der Waals surface area contributed by atoms with Crippen molar-refractivity contribution in [3.63, 3.8) is 0 Å². The fourth-order valence-corrected chi connectivity index (χ4v) is 3.79. The van der Waals surface area contributed by atoms with Gasteiger partial charge < -0.3 is 9.72 Å². The van der Waals surface area contributed by atoms with Gasteiger partial charge in [-0.25, -0.2) is 4.98 Å². The molecule has 3 aromatic rings. The highest BCUT2D eigenvalue weighted by atomic mass is 32.2. The first-order chi connectivity index (χ1) is 11.2. The maximum Gasteiger partial charge on any atom is 0.211 e. The van der Waals surface area contributed by atoms with E-state index in [1.165, 1.54) is 5.56 Å². The second-order valence-electron chi connectivity index (χ2n) is 6.32. The second kappa shape index (κ2) is 6.09. The van der Waals surface area contributed by atoms with Crippen LogP contribution in [0.1, 0.15) is 38.2 Å². The summed E-state index contributed by atoms with van der Waals surface area (Å²) >= 11 is 1.62. The van der Waals surface area contributed by atoms with Crippen LogP contribution in [0.4, 0.5) is 0 Å². The van der Waals surface area contributed by atoms with Gasteiger partial charge in [0.05, 0.1) is 6.10 Å². The van der Waals surface area contributed by atoms with Gasteiger partial charge in [0, 0.05) is 23.3 Å². The van der Waals surface area contributed by atoms with E-state index >= 15 is 0 Å². The molecule has 1 aromatic carbocycles. The lowest BCUT2D eigenvalue weighted by Crippen LogP contribution is -2.08. The summed E-state index contributed by atoms with van der Waals surface area (Å²) in [6.07, 6.45) is 2.62. The minimum atomic E-state index is 0.329. The first-order valence-corrected chi connectivity index (χ1v) is 9.10. The predicted molar refractivity (Wildman–Crippen MR) is 93.0 cm³/mol. The van der Waals surface area contributed by atoms with Crippen molar-refractivity contribution < 1.29 is 4.74 Å². The fourth-order valence-electron chi connectivity index (χ4n) is 2.94. The molecule has 1 aliphatic rings. The number of fused-ring (bicyclic) bond motifs is 3. The zero-order valence-electron chi connectivity index (χ0n) is 13.4. The average molecular weight is 328 g/mol. The summed E-state index contributed by atoms with van der Waals surface area (Å²) in [5.74, 6) is 1.39. The number of aromatic amines is 1. The SMILES string of the molecule is CC(C)c1ccc2[nH]c3nc(SC[C@@H]4CCCO4)nnc3c2c1. The molecule has 0 aliphatic carbocycles. The molecule has 120 valence electrons. The third-order valence-electron chi connectivity index (χ3n) is 4.31. The summed E-state index contributed by atoms with van der Waals surface area (Å²) in [6.45, 7) is 5.27. The van der Waals surface area contributed by atoms with Gasteiger partial charge in [-0.2, -0.15) is 0 Å². The zero-order valence-corrected chi connectivity index (χ0v) is 14.2. The highest BCUT2D eigenvalue weighted by Crippen LogP contribution is 2.27. The first-order valence-electron chi connectivity index (χ1n) is 8.11. The number of rotatable bonds is 4. The molecule has 1 N–H and O–H groups in total. The minimum Gasteiger partial charge on any atom is -0.377 e. The van der Waals surface area contributed by atoms with E-state index < -0.39 is 0 Å². The van der Waals surface area contributed by atoms with Crippen LogP contribution in [0.25, 0.3) is 22.1 Å². The Bertz CT molecular complexity index is 839. The molecule has 0 bridgehead atoms. The molecule has 0 unspecified atom stereocenters. The first kappa shape index (κ1) is 14.9. The van der Waals surface area contributed by atoms with Crippen molar-refractivity contribution in [2.75, 3.05) is 12.4 Å². The minimum absolute atomic E-state index is 0.329. The van der Waals surface area contributed by atoms with Crippen LogP contribution in [0.5, 0.6) is 0 Å². The van der Waals surface area contributed by atoms with Gasteiger partial charge in [0.1, 0.15) is 5.52 Å². The summed E-state index contributed by atoms with van der Waals surface area (Å²) in [4.78, 5) is 7.98. The Hall–Kier alpha value is -1.66. The number of H-pyrrole nitrogens is 1. The van der Waals surface area contributed by atoms with E-state index in [-0.39, 0.29) is 0 Å². The summed E-state index contributed by atoms with van der Waals surface area (Å²) in [5.41, 5.74) is 4.03.